The molecule has 2 aromatic rings. The van der Waals surface area contributed by atoms with E-state index in [9.17, 15) is 4.79 Å². The lowest BCUT2D eigenvalue weighted by Crippen LogP contribution is -2.06. The maximum absolute atomic E-state index is 11.7. The molecule has 2 aromatic heterocycles. The average molecular weight is 271 g/mol. The number of thiophene rings is 1. The van der Waals surface area contributed by atoms with Crippen LogP contribution < -0.4 is 0 Å². The molecule has 3 nitrogen and oxygen atoms in total. The third-order valence-corrected chi connectivity index (χ3v) is 3.40. The van der Waals surface area contributed by atoms with Gasteiger partial charge in [0.25, 0.3) is 0 Å². The SMILES string of the molecule is O=C(Cn1ccnc1)c1ccc(Br)s1. The van der Waals surface area contributed by atoms with Gasteiger partial charge < -0.3 is 4.57 Å². The molecular formula is C9H7BrN2OS. The molecule has 14 heavy (non-hydrogen) atoms. The van der Waals surface area contributed by atoms with Crippen LogP contribution >= 0.6 is 27.3 Å². The van der Waals surface area contributed by atoms with Gasteiger partial charge in [-0.15, -0.1) is 11.3 Å². The number of hydrogen-bond donors (Lipinski definition) is 0. The summed E-state index contributed by atoms with van der Waals surface area (Å²) in [5.41, 5.74) is 0. The monoisotopic (exact) mass is 270 g/mol. The summed E-state index contributed by atoms with van der Waals surface area (Å²) in [6, 6.07) is 3.71. The summed E-state index contributed by atoms with van der Waals surface area (Å²) in [7, 11) is 0. The number of carbonyl (C=O) groups excluding carboxylic acids is 1. The van der Waals surface area contributed by atoms with Gasteiger partial charge in [0.05, 0.1) is 21.5 Å². The Morgan fingerprint density at radius 1 is 1.57 bits per heavy atom. The van der Waals surface area contributed by atoms with Crippen molar-refractivity contribution in [3.8, 4) is 0 Å². The Bertz CT molecular complexity index is 435. The summed E-state index contributed by atoms with van der Waals surface area (Å²) in [4.78, 5) is 16.3. The minimum Gasteiger partial charge on any atom is -0.330 e. The van der Waals surface area contributed by atoms with E-state index in [1.165, 1.54) is 11.3 Å². The Kier molecular flexibility index (Phi) is 2.79. The molecule has 0 aliphatic heterocycles. The Hall–Kier alpha value is -0.940. The zero-order chi connectivity index (χ0) is 9.97. The van der Waals surface area contributed by atoms with Crippen molar-refractivity contribution in [3.05, 3.63) is 39.5 Å². The molecule has 0 fully saturated rings. The Morgan fingerprint density at radius 2 is 2.43 bits per heavy atom. The molecule has 0 N–H and O–H groups in total. The molecule has 0 bridgehead atoms. The van der Waals surface area contributed by atoms with Crippen molar-refractivity contribution >= 4 is 33.0 Å². The van der Waals surface area contributed by atoms with E-state index in [1.54, 1.807) is 23.3 Å². The minimum atomic E-state index is 0.110. The van der Waals surface area contributed by atoms with Gasteiger partial charge in [0.15, 0.2) is 5.78 Å². The van der Waals surface area contributed by atoms with Gasteiger partial charge in [-0.2, -0.15) is 0 Å². The average Bonchev–Trinajstić information content (AvgIpc) is 2.75. The van der Waals surface area contributed by atoms with E-state index in [-0.39, 0.29) is 5.78 Å². The molecular weight excluding hydrogens is 264 g/mol. The van der Waals surface area contributed by atoms with Gasteiger partial charge in [0.1, 0.15) is 0 Å². The molecule has 0 saturated heterocycles. The van der Waals surface area contributed by atoms with Crippen LogP contribution in [-0.2, 0) is 6.54 Å². The van der Waals surface area contributed by atoms with Crippen molar-refractivity contribution in [1.82, 2.24) is 9.55 Å². The van der Waals surface area contributed by atoms with E-state index in [0.29, 0.717) is 6.54 Å². The molecule has 0 radical (unpaired) electrons. The molecule has 0 atom stereocenters. The highest BCUT2D eigenvalue weighted by atomic mass is 79.9. The van der Waals surface area contributed by atoms with Gasteiger partial charge in [-0.05, 0) is 28.1 Å². The number of imidazole rings is 1. The van der Waals surface area contributed by atoms with Crippen molar-refractivity contribution in [3.63, 3.8) is 0 Å². The molecule has 0 saturated carbocycles. The molecule has 5 heteroatoms. The first kappa shape index (κ1) is 9.61. The molecule has 72 valence electrons. The summed E-state index contributed by atoms with van der Waals surface area (Å²) in [5.74, 6) is 0.110. The van der Waals surface area contributed by atoms with E-state index >= 15 is 0 Å². The fourth-order valence-electron chi connectivity index (χ4n) is 1.09. The molecule has 0 aliphatic carbocycles. The maximum Gasteiger partial charge on any atom is 0.192 e. The van der Waals surface area contributed by atoms with Gasteiger partial charge >= 0.3 is 0 Å². The Labute approximate surface area is 93.5 Å². The van der Waals surface area contributed by atoms with Gasteiger partial charge in [0, 0.05) is 12.4 Å². The number of aromatic nitrogens is 2. The van der Waals surface area contributed by atoms with Gasteiger partial charge in [-0.3, -0.25) is 4.79 Å². The number of nitrogens with zero attached hydrogens (tertiary/aromatic N) is 2. The molecule has 2 heterocycles. The lowest BCUT2D eigenvalue weighted by Gasteiger charge is -1.97. The molecule has 0 unspecified atom stereocenters. The number of halogens is 1. The Morgan fingerprint density at radius 3 is 3.00 bits per heavy atom. The second-order valence-corrected chi connectivity index (χ2v) is 5.22. The summed E-state index contributed by atoms with van der Waals surface area (Å²) >= 11 is 4.78. The van der Waals surface area contributed by atoms with Crippen LogP contribution in [0.5, 0.6) is 0 Å². The van der Waals surface area contributed by atoms with Crippen LogP contribution in [-0.4, -0.2) is 15.3 Å². The predicted molar refractivity (Wildman–Crippen MR) is 58.6 cm³/mol. The highest BCUT2D eigenvalue weighted by Gasteiger charge is 2.08. The van der Waals surface area contributed by atoms with Crippen molar-refractivity contribution in [2.24, 2.45) is 0 Å². The smallest absolute Gasteiger partial charge is 0.192 e. The van der Waals surface area contributed by atoms with Crippen LogP contribution in [0.15, 0.2) is 34.6 Å². The fraction of sp³-hybridized carbons (Fsp3) is 0.111. The highest BCUT2D eigenvalue weighted by molar-refractivity contribution is 9.11. The van der Waals surface area contributed by atoms with E-state index in [1.807, 2.05) is 12.1 Å². The van der Waals surface area contributed by atoms with Crippen molar-refractivity contribution < 1.29 is 4.79 Å². The Balaban J connectivity index is 2.10. The lowest BCUT2D eigenvalue weighted by molar-refractivity contribution is 0.0976. The van der Waals surface area contributed by atoms with Gasteiger partial charge in [0.2, 0.25) is 0 Å². The molecule has 0 aromatic carbocycles. The van der Waals surface area contributed by atoms with E-state index < -0.39 is 0 Å². The number of ketones is 1. The first-order valence-electron chi connectivity index (χ1n) is 4.00. The summed E-state index contributed by atoms with van der Waals surface area (Å²) in [6.07, 6.45) is 5.08. The highest BCUT2D eigenvalue weighted by Crippen LogP contribution is 2.22. The third kappa shape index (κ3) is 2.10. The van der Waals surface area contributed by atoms with Crippen molar-refractivity contribution in [2.45, 2.75) is 6.54 Å². The molecule has 2 rings (SSSR count). The van der Waals surface area contributed by atoms with Crippen LogP contribution in [0.4, 0.5) is 0 Å². The first-order chi connectivity index (χ1) is 6.75. The number of carbonyl (C=O) groups is 1. The summed E-state index contributed by atoms with van der Waals surface area (Å²) < 4.78 is 2.74. The zero-order valence-corrected chi connectivity index (χ0v) is 9.59. The van der Waals surface area contributed by atoms with E-state index in [0.717, 1.165) is 8.66 Å². The molecule has 0 spiro atoms. The molecule has 0 aliphatic rings. The van der Waals surface area contributed by atoms with Crippen molar-refractivity contribution in [2.75, 3.05) is 0 Å². The second kappa shape index (κ2) is 4.06. The second-order valence-electron chi connectivity index (χ2n) is 2.76. The van der Waals surface area contributed by atoms with Crippen LogP contribution in [0.25, 0.3) is 0 Å². The predicted octanol–water partition coefficient (Wildman–Crippen LogP) is 2.59. The van der Waals surface area contributed by atoms with Gasteiger partial charge in [-0.25, -0.2) is 4.98 Å². The number of Topliss-reactive ketones (excluding diaryl/α,β-unsaturated/α-hetero) is 1. The van der Waals surface area contributed by atoms with Crippen LogP contribution in [0.3, 0.4) is 0 Å². The standard InChI is InChI=1S/C9H7BrN2OS/c10-9-2-1-8(14-9)7(13)5-12-4-3-11-6-12/h1-4,6H,5H2. The first-order valence-corrected chi connectivity index (χ1v) is 5.61. The topological polar surface area (TPSA) is 34.9 Å². The normalized spacial score (nSPS) is 10.4. The van der Waals surface area contributed by atoms with Crippen LogP contribution in [0.1, 0.15) is 9.67 Å². The summed E-state index contributed by atoms with van der Waals surface area (Å²) in [6.45, 7) is 0.354. The maximum atomic E-state index is 11.7. The number of rotatable bonds is 3. The van der Waals surface area contributed by atoms with E-state index in [2.05, 4.69) is 20.9 Å². The number of hydrogen-bond acceptors (Lipinski definition) is 3. The van der Waals surface area contributed by atoms with Gasteiger partial charge in [-0.1, -0.05) is 0 Å². The zero-order valence-electron chi connectivity index (χ0n) is 7.18. The quantitative estimate of drug-likeness (QED) is 0.804. The van der Waals surface area contributed by atoms with Crippen LogP contribution in [0.2, 0.25) is 0 Å². The minimum absolute atomic E-state index is 0.110. The summed E-state index contributed by atoms with van der Waals surface area (Å²) in [5, 5.41) is 0. The lowest BCUT2D eigenvalue weighted by atomic mass is 10.3. The largest absolute Gasteiger partial charge is 0.330 e. The van der Waals surface area contributed by atoms with E-state index in [4.69, 9.17) is 0 Å². The molecule has 0 amide bonds. The third-order valence-electron chi connectivity index (χ3n) is 1.73. The van der Waals surface area contributed by atoms with Crippen molar-refractivity contribution in [1.29, 1.82) is 0 Å². The fourth-order valence-corrected chi connectivity index (χ4v) is 2.40. The van der Waals surface area contributed by atoms with Crippen LogP contribution in [0, 0.1) is 0 Å².